The van der Waals surface area contributed by atoms with E-state index >= 15 is 0 Å². The standard InChI is InChI=1S/C13H13BrClNO3S/c14-10-6-7(20(15,18)19)4-5-11(10)16-13(17)12-8-2-1-3-9(8)12/h4-6,8-9,12H,1-3H2,(H,16,17). The first-order valence-electron chi connectivity index (χ1n) is 6.43. The van der Waals surface area contributed by atoms with E-state index in [9.17, 15) is 13.2 Å². The van der Waals surface area contributed by atoms with Crippen LogP contribution in [0.2, 0.25) is 0 Å². The molecule has 2 fully saturated rings. The Morgan fingerprint density at radius 3 is 2.50 bits per heavy atom. The highest BCUT2D eigenvalue weighted by molar-refractivity contribution is 9.10. The molecule has 4 nitrogen and oxygen atoms in total. The van der Waals surface area contributed by atoms with Crippen LogP contribution in [0.1, 0.15) is 19.3 Å². The van der Waals surface area contributed by atoms with Gasteiger partial charge in [0.15, 0.2) is 0 Å². The highest BCUT2D eigenvalue weighted by atomic mass is 79.9. The largest absolute Gasteiger partial charge is 0.325 e. The topological polar surface area (TPSA) is 63.2 Å². The van der Waals surface area contributed by atoms with Gasteiger partial charge in [-0.1, -0.05) is 6.42 Å². The zero-order valence-corrected chi connectivity index (χ0v) is 13.6. The lowest BCUT2D eigenvalue weighted by Gasteiger charge is -2.09. The minimum absolute atomic E-state index is 0.00679. The summed E-state index contributed by atoms with van der Waals surface area (Å²) in [5.41, 5.74) is 0.573. The minimum atomic E-state index is -3.76. The number of fused-ring (bicyclic) bond motifs is 1. The van der Waals surface area contributed by atoms with Crippen molar-refractivity contribution in [1.29, 1.82) is 0 Å². The molecule has 1 amide bonds. The van der Waals surface area contributed by atoms with Crippen LogP contribution in [0.5, 0.6) is 0 Å². The molecule has 0 heterocycles. The van der Waals surface area contributed by atoms with E-state index in [1.54, 1.807) is 6.07 Å². The Morgan fingerprint density at radius 2 is 1.95 bits per heavy atom. The second-order valence-corrected chi connectivity index (χ2v) is 8.77. The van der Waals surface area contributed by atoms with Gasteiger partial charge in [-0.3, -0.25) is 4.79 Å². The first-order chi connectivity index (χ1) is 9.38. The number of hydrogen-bond donors (Lipinski definition) is 1. The monoisotopic (exact) mass is 377 g/mol. The van der Waals surface area contributed by atoms with Gasteiger partial charge in [-0.15, -0.1) is 0 Å². The van der Waals surface area contributed by atoms with Gasteiger partial charge in [0.05, 0.1) is 10.6 Å². The third-order valence-corrected chi connectivity index (χ3v) is 6.20. The van der Waals surface area contributed by atoms with Gasteiger partial charge < -0.3 is 5.32 Å². The number of amides is 1. The predicted molar refractivity (Wildman–Crippen MR) is 80.1 cm³/mol. The van der Waals surface area contributed by atoms with E-state index in [-0.39, 0.29) is 16.7 Å². The van der Waals surface area contributed by atoms with Gasteiger partial charge in [-0.25, -0.2) is 8.42 Å². The van der Waals surface area contributed by atoms with Crippen molar-refractivity contribution in [2.45, 2.75) is 24.2 Å². The maximum atomic E-state index is 12.1. The zero-order chi connectivity index (χ0) is 14.5. The normalized spacial score (nSPS) is 28.0. The first kappa shape index (κ1) is 14.4. The van der Waals surface area contributed by atoms with Gasteiger partial charge >= 0.3 is 0 Å². The molecule has 108 valence electrons. The van der Waals surface area contributed by atoms with Gasteiger partial charge in [-0.05, 0) is 58.8 Å². The van der Waals surface area contributed by atoms with Crippen molar-refractivity contribution >= 4 is 47.3 Å². The van der Waals surface area contributed by atoms with Crippen LogP contribution in [0.15, 0.2) is 27.6 Å². The van der Waals surface area contributed by atoms with Crippen LogP contribution in [0.4, 0.5) is 5.69 Å². The Kier molecular flexibility index (Phi) is 3.59. The lowest BCUT2D eigenvalue weighted by molar-refractivity contribution is -0.118. The summed E-state index contributed by atoms with van der Waals surface area (Å²) in [7, 11) is 1.52. The Balaban J connectivity index is 1.73. The van der Waals surface area contributed by atoms with Crippen molar-refractivity contribution in [2.24, 2.45) is 17.8 Å². The first-order valence-corrected chi connectivity index (χ1v) is 9.53. The van der Waals surface area contributed by atoms with Crippen molar-refractivity contribution in [3.8, 4) is 0 Å². The number of nitrogens with one attached hydrogen (secondary N) is 1. The summed E-state index contributed by atoms with van der Waals surface area (Å²) in [6.07, 6.45) is 3.52. The maximum absolute atomic E-state index is 12.1. The summed E-state index contributed by atoms with van der Waals surface area (Å²) < 4.78 is 23.0. The van der Waals surface area contributed by atoms with Crippen LogP contribution in [0.25, 0.3) is 0 Å². The van der Waals surface area contributed by atoms with Crippen LogP contribution in [0, 0.1) is 17.8 Å². The van der Waals surface area contributed by atoms with E-state index in [0.29, 0.717) is 22.0 Å². The fourth-order valence-electron chi connectivity index (χ4n) is 3.18. The Hall–Kier alpha value is -0.590. The Labute approximate surface area is 130 Å². The van der Waals surface area contributed by atoms with Crippen LogP contribution in [-0.4, -0.2) is 14.3 Å². The van der Waals surface area contributed by atoms with Crippen LogP contribution >= 0.6 is 26.6 Å². The Bertz CT molecular complexity index is 666. The molecule has 2 aliphatic carbocycles. The smallest absolute Gasteiger partial charge is 0.261 e. The van der Waals surface area contributed by atoms with Crippen molar-refractivity contribution < 1.29 is 13.2 Å². The minimum Gasteiger partial charge on any atom is -0.325 e. The zero-order valence-electron chi connectivity index (χ0n) is 10.5. The molecule has 2 atom stereocenters. The molecule has 2 saturated carbocycles. The van der Waals surface area contributed by atoms with E-state index in [4.69, 9.17) is 10.7 Å². The van der Waals surface area contributed by atoms with Gasteiger partial charge in [0.1, 0.15) is 0 Å². The molecular weight excluding hydrogens is 366 g/mol. The molecule has 3 rings (SSSR count). The molecule has 20 heavy (non-hydrogen) atoms. The number of hydrogen-bond acceptors (Lipinski definition) is 3. The van der Waals surface area contributed by atoms with E-state index in [1.807, 2.05) is 0 Å². The maximum Gasteiger partial charge on any atom is 0.261 e. The van der Waals surface area contributed by atoms with Crippen molar-refractivity contribution in [3.05, 3.63) is 22.7 Å². The van der Waals surface area contributed by atoms with Crippen LogP contribution in [0.3, 0.4) is 0 Å². The summed E-state index contributed by atoms with van der Waals surface area (Å²) in [6.45, 7) is 0. The lowest BCUT2D eigenvalue weighted by atomic mass is 10.1. The third-order valence-electron chi connectivity index (χ3n) is 4.19. The summed E-state index contributed by atoms with van der Waals surface area (Å²) >= 11 is 3.26. The quantitative estimate of drug-likeness (QED) is 0.820. The van der Waals surface area contributed by atoms with E-state index < -0.39 is 9.05 Å². The molecule has 2 unspecified atom stereocenters. The van der Waals surface area contributed by atoms with Gasteiger partial charge in [0.2, 0.25) is 5.91 Å². The molecule has 7 heteroatoms. The predicted octanol–water partition coefficient (Wildman–Crippen LogP) is 3.36. The van der Waals surface area contributed by atoms with Gasteiger partial charge in [0.25, 0.3) is 9.05 Å². The van der Waals surface area contributed by atoms with Crippen LogP contribution < -0.4 is 5.32 Å². The Morgan fingerprint density at radius 1 is 1.30 bits per heavy atom. The number of carbonyl (C=O) groups excluding carboxylic acids is 1. The molecule has 0 saturated heterocycles. The second kappa shape index (κ2) is 5.00. The van der Waals surface area contributed by atoms with Crippen LogP contribution in [-0.2, 0) is 13.8 Å². The summed E-state index contributed by atoms with van der Waals surface area (Å²) in [4.78, 5) is 12.2. The molecule has 0 aromatic heterocycles. The van der Waals surface area contributed by atoms with E-state index in [0.717, 1.165) is 12.8 Å². The average Bonchev–Trinajstić information content (AvgIpc) is 2.84. The molecular formula is C13H13BrClNO3S. The molecule has 1 aromatic rings. The molecule has 1 N–H and O–H groups in total. The molecule has 1 aromatic carbocycles. The van der Waals surface area contributed by atoms with Gasteiger partial charge in [-0.2, -0.15) is 0 Å². The number of benzene rings is 1. The number of anilines is 1. The highest BCUT2D eigenvalue weighted by Crippen LogP contribution is 2.57. The van der Waals surface area contributed by atoms with Crippen molar-refractivity contribution in [1.82, 2.24) is 0 Å². The highest BCUT2D eigenvalue weighted by Gasteiger charge is 2.56. The fourth-order valence-corrected chi connectivity index (χ4v) is 4.58. The van der Waals surface area contributed by atoms with Crippen molar-refractivity contribution in [2.75, 3.05) is 5.32 Å². The average molecular weight is 379 g/mol. The molecule has 0 spiro atoms. The molecule has 0 radical (unpaired) electrons. The summed E-state index contributed by atoms with van der Waals surface area (Å²) in [6, 6.07) is 4.33. The van der Waals surface area contributed by atoms with E-state index in [1.165, 1.54) is 18.6 Å². The summed E-state index contributed by atoms with van der Waals surface area (Å²) in [5, 5.41) is 2.86. The van der Waals surface area contributed by atoms with E-state index in [2.05, 4.69) is 21.2 Å². The number of carbonyl (C=O) groups is 1. The SMILES string of the molecule is O=C(Nc1ccc(S(=O)(=O)Cl)cc1Br)C1C2CCCC21. The van der Waals surface area contributed by atoms with Gasteiger partial charge in [0, 0.05) is 21.1 Å². The number of halogens is 2. The number of rotatable bonds is 3. The third kappa shape index (κ3) is 2.61. The van der Waals surface area contributed by atoms with Crippen molar-refractivity contribution in [3.63, 3.8) is 0 Å². The second-order valence-electron chi connectivity index (χ2n) is 5.35. The fraction of sp³-hybridized carbons (Fsp3) is 0.462. The lowest BCUT2D eigenvalue weighted by Crippen LogP contribution is -2.17. The molecule has 0 aliphatic heterocycles. The molecule has 2 aliphatic rings. The molecule has 0 bridgehead atoms. The summed E-state index contributed by atoms with van der Waals surface area (Å²) in [5.74, 6) is 1.27.